The fourth-order valence-electron chi connectivity index (χ4n) is 0.450. The molecule has 3 heteroatoms. The molecule has 0 atom stereocenters. The van der Waals surface area contributed by atoms with Crippen LogP contribution in [0.3, 0.4) is 0 Å². The predicted octanol–water partition coefficient (Wildman–Crippen LogP) is 0.710. The standard InChI is InChI=1S/C6H14N2O.C2H6/c1-7-6(9)4-5-8(2)3;1-2/h4-5H2,1-3H3,(H,7,9);1-2H3. The van der Waals surface area contributed by atoms with Gasteiger partial charge in [-0.3, -0.25) is 4.79 Å². The van der Waals surface area contributed by atoms with E-state index < -0.39 is 0 Å². The molecule has 0 aromatic carbocycles. The first-order valence-electron chi connectivity index (χ1n) is 4.02. The second-order valence-corrected chi connectivity index (χ2v) is 2.23. The van der Waals surface area contributed by atoms with Crippen LogP contribution in [-0.2, 0) is 4.79 Å². The SMILES string of the molecule is CC.CNC(=O)CCN(C)C. The Bertz CT molecular complexity index is 92.1. The second-order valence-electron chi connectivity index (χ2n) is 2.23. The van der Waals surface area contributed by atoms with Crippen LogP contribution in [0.4, 0.5) is 0 Å². The zero-order valence-corrected chi connectivity index (χ0v) is 8.27. The molecular formula is C8H20N2O. The van der Waals surface area contributed by atoms with E-state index in [0.29, 0.717) is 6.42 Å². The van der Waals surface area contributed by atoms with Crippen LogP contribution < -0.4 is 5.32 Å². The van der Waals surface area contributed by atoms with E-state index in [4.69, 9.17) is 0 Å². The Balaban J connectivity index is 0. The first-order valence-corrected chi connectivity index (χ1v) is 4.02. The van der Waals surface area contributed by atoms with Gasteiger partial charge in [0.2, 0.25) is 5.91 Å². The van der Waals surface area contributed by atoms with Crippen LogP contribution in [0.1, 0.15) is 20.3 Å². The number of amides is 1. The highest BCUT2D eigenvalue weighted by molar-refractivity contribution is 5.75. The molecule has 0 aliphatic carbocycles. The van der Waals surface area contributed by atoms with E-state index in [1.54, 1.807) is 7.05 Å². The summed E-state index contributed by atoms with van der Waals surface area (Å²) in [6, 6.07) is 0. The van der Waals surface area contributed by atoms with Gasteiger partial charge in [-0.15, -0.1) is 0 Å². The van der Waals surface area contributed by atoms with E-state index >= 15 is 0 Å². The fourth-order valence-corrected chi connectivity index (χ4v) is 0.450. The third-order valence-corrected chi connectivity index (χ3v) is 1.06. The Morgan fingerprint density at radius 1 is 1.36 bits per heavy atom. The second kappa shape index (κ2) is 9.43. The average Bonchev–Trinajstić information content (AvgIpc) is 2.04. The largest absolute Gasteiger partial charge is 0.359 e. The normalized spacial score (nSPS) is 8.55. The number of carbonyl (C=O) groups is 1. The molecule has 0 radical (unpaired) electrons. The van der Waals surface area contributed by atoms with Crippen LogP contribution in [-0.4, -0.2) is 38.5 Å². The lowest BCUT2D eigenvalue weighted by Crippen LogP contribution is -2.23. The molecule has 0 aliphatic rings. The minimum atomic E-state index is 0.101. The molecule has 68 valence electrons. The molecule has 1 N–H and O–H groups in total. The smallest absolute Gasteiger partial charge is 0.221 e. The summed E-state index contributed by atoms with van der Waals surface area (Å²) in [6.07, 6.45) is 0.587. The minimum absolute atomic E-state index is 0.101. The molecule has 0 aliphatic heterocycles. The van der Waals surface area contributed by atoms with E-state index in [9.17, 15) is 4.79 Å². The predicted molar refractivity (Wildman–Crippen MR) is 48.6 cm³/mol. The lowest BCUT2D eigenvalue weighted by molar-refractivity contribution is -0.120. The highest BCUT2D eigenvalue weighted by atomic mass is 16.1. The van der Waals surface area contributed by atoms with Gasteiger partial charge < -0.3 is 10.2 Å². The van der Waals surface area contributed by atoms with Crippen molar-refractivity contribution in [2.24, 2.45) is 0 Å². The molecule has 0 unspecified atom stereocenters. The van der Waals surface area contributed by atoms with Crippen molar-refractivity contribution >= 4 is 5.91 Å². The Morgan fingerprint density at radius 3 is 2.09 bits per heavy atom. The molecule has 0 rings (SSSR count). The number of nitrogens with zero attached hydrogens (tertiary/aromatic N) is 1. The monoisotopic (exact) mass is 160 g/mol. The van der Waals surface area contributed by atoms with Gasteiger partial charge in [0.05, 0.1) is 0 Å². The molecule has 0 fully saturated rings. The molecule has 0 aromatic rings. The first kappa shape index (κ1) is 13.1. The van der Waals surface area contributed by atoms with Gasteiger partial charge >= 0.3 is 0 Å². The number of hydrogen-bond acceptors (Lipinski definition) is 2. The van der Waals surface area contributed by atoms with Crippen molar-refractivity contribution in [3.05, 3.63) is 0 Å². The maximum absolute atomic E-state index is 10.6. The molecule has 0 spiro atoms. The summed E-state index contributed by atoms with van der Waals surface area (Å²) in [4.78, 5) is 12.6. The van der Waals surface area contributed by atoms with Gasteiger partial charge in [-0.2, -0.15) is 0 Å². The Morgan fingerprint density at radius 2 is 1.82 bits per heavy atom. The van der Waals surface area contributed by atoms with Gasteiger partial charge in [-0.25, -0.2) is 0 Å². The number of nitrogens with one attached hydrogen (secondary N) is 1. The van der Waals surface area contributed by atoms with E-state index in [1.165, 1.54) is 0 Å². The van der Waals surface area contributed by atoms with Crippen molar-refractivity contribution in [3.63, 3.8) is 0 Å². The van der Waals surface area contributed by atoms with Crippen LogP contribution >= 0.6 is 0 Å². The topological polar surface area (TPSA) is 32.3 Å². The van der Waals surface area contributed by atoms with Crippen LogP contribution in [0.5, 0.6) is 0 Å². The van der Waals surface area contributed by atoms with Crippen LogP contribution in [0.2, 0.25) is 0 Å². The number of carbonyl (C=O) groups excluding carboxylic acids is 1. The summed E-state index contributed by atoms with van der Waals surface area (Å²) in [5, 5.41) is 2.55. The summed E-state index contributed by atoms with van der Waals surface area (Å²) in [5.74, 6) is 0.101. The van der Waals surface area contributed by atoms with Gasteiger partial charge in [0.25, 0.3) is 0 Å². The van der Waals surface area contributed by atoms with Crippen molar-refractivity contribution in [2.45, 2.75) is 20.3 Å². The summed E-state index contributed by atoms with van der Waals surface area (Å²) < 4.78 is 0. The molecule has 0 saturated heterocycles. The summed E-state index contributed by atoms with van der Waals surface area (Å²) >= 11 is 0. The van der Waals surface area contributed by atoms with E-state index in [0.717, 1.165) is 6.54 Å². The highest BCUT2D eigenvalue weighted by Crippen LogP contribution is 1.80. The lowest BCUT2D eigenvalue weighted by Gasteiger charge is -2.06. The Hall–Kier alpha value is -0.570. The molecule has 0 saturated carbocycles. The van der Waals surface area contributed by atoms with Crippen LogP contribution in [0.25, 0.3) is 0 Å². The van der Waals surface area contributed by atoms with Gasteiger partial charge in [-0.1, -0.05) is 13.8 Å². The van der Waals surface area contributed by atoms with Crippen molar-refractivity contribution in [2.75, 3.05) is 27.7 Å². The van der Waals surface area contributed by atoms with E-state index in [-0.39, 0.29) is 5.91 Å². The lowest BCUT2D eigenvalue weighted by atomic mass is 10.4. The maximum Gasteiger partial charge on any atom is 0.221 e. The molecule has 1 amide bonds. The summed E-state index contributed by atoms with van der Waals surface area (Å²) in [5.41, 5.74) is 0. The third kappa shape index (κ3) is 12.6. The van der Waals surface area contributed by atoms with Crippen LogP contribution in [0, 0.1) is 0 Å². The quantitative estimate of drug-likeness (QED) is 0.659. The van der Waals surface area contributed by atoms with Crippen LogP contribution in [0.15, 0.2) is 0 Å². The third-order valence-electron chi connectivity index (χ3n) is 1.06. The molecule has 3 nitrogen and oxygen atoms in total. The van der Waals surface area contributed by atoms with Gasteiger partial charge in [-0.05, 0) is 14.1 Å². The van der Waals surface area contributed by atoms with E-state index in [1.807, 2.05) is 32.8 Å². The first-order chi connectivity index (χ1) is 5.16. The van der Waals surface area contributed by atoms with Crippen molar-refractivity contribution in [1.82, 2.24) is 10.2 Å². The highest BCUT2D eigenvalue weighted by Gasteiger charge is 1.96. The molecule has 0 bridgehead atoms. The number of hydrogen-bond donors (Lipinski definition) is 1. The molecule has 11 heavy (non-hydrogen) atoms. The van der Waals surface area contributed by atoms with Crippen molar-refractivity contribution < 1.29 is 4.79 Å². The molecular weight excluding hydrogens is 140 g/mol. The molecule has 0 heterocycles. The molecule has 0 aromatic heterocycles. The van der Waals surface area contributed by atoms with E-state index in [2.05, 4.69) is 5.32 Å². The Kier molecular flexibility index (Phi) is 11.2. The number of rotatable bonds is 3. The fraction of sp³-hybridized carbons (Fsp3) is 0.875. The van der Waals surface area contributed by atoms with Crippen molar-refractivity contribution in [1.29, 1.82) is 0 Å². The van der Waals surface area contributed by atoms with Gasteiger partial charge in [0.1, 0.15) is 0 Å². The summed E-state index contributed by atoms with van der Waals surface area (Å²) in [6.45, 7) is 4.82. The average molecular weight is 160 g/mol. The maximum atomic E-state index is 10.6. The zero-order chi connectivity index (χ0) is 9.28. The summed E-state index contributed by atoms with van der Waals surface area (Å²) in [7, 11) is 5.55. The van der Waals surface area contributed by atoms with Gasteiger partial charge in [0, 0.05) is 20.0 Å². The minimum Gasteiger partial charge on any atom is -0.359 e. The van der Waals surface area contributed by atoms with Crippen molar-refractivity contribution in [3.8, 4) is 0 Å². The Labute approximate surface area is 69.8 Å². The van der Waals surface area contributed by atoms with Gasteiger partial charge in [0.15, 0.2) is 0 Å². The zero-order valence-electron chi connectivity index (χ0n) is 8.27.